The second kappa shape index (κ2) is 7.98. The van der Waals surface area contributed by atoms with Gasteiger partial charge in [-0.05, 0) is 18.2 Å². The summed E-state index contributed by atoms with van der Waals surface area (Å²) in [5.41, 5.74) is 0.437. The van der Waals surface area contributed by atoms with Crippen LogP contribution in [0.2, 0.25) is 0 Å². The Labute approximate surface area is 138 Å². The molecule has 6 heteroatoms. The van der Waals surface area contributed by atoms with E-state index in [1.807, 2.05) is 0 Å². The number of nitrogens with one attached hydrogen (secondary N) is 1. The van der Waals surface area contributed by atoms with Crippen molar-refractivity contribution in [2.24, 2.45) is 0 Å². The molecule has 0 fully saturated rings. The Morgan fingerprint density at radius 1 is 1.00 bits per heavy atom. The monoisotopic (exact) mass is 318 g/mol. The van der Waals surface area contributed by atoms with Gasteiger partial charge in [0.2, 0.25) is 0 Å². The topological polar surface area (TPSA) is 92.6 Å². The maximum absolute atomic E-state index is 13.6. The van der Waals surface area contributed by atoms with E-state index in [0.29, 0.717) is 17.0 Å². The van der Waals surface area contributed by atoms with Gasteiger partial charge in [0, 0.05) is 17.3 Å². The van der Waals surface area contributed by atoms with E-state index in [9.17, 15) is 4.39 Å². The summed E-state index contributed by atoms with van der Waals surface area (Å²) in [5.74, 6) is 0.102. The molecule has 0 unspecified atom stereocenters. The zero-order valence-corrected chi connectivity index (χ0v) is 12.5. The maximum Gasteiger partial charge on any atom is 0.163 e. The van der Waals surface area contributed by atoms with E-state index in [2.05, 4.69) is 5.32 Å². The first-order valence-corrected chi connectivity index (χ1v) is 6.85. The Kier molecular flexibility index (Phi) is 5.50. The molecule has 2 aromatic carbocycles. The summed E-state index contributed by atoms with van der Waals surface area (Å²) in [4.78, 5) is 0. The molecule has 5 nitrogen and oxygen atoms in total. The third-order valence-electron chi connectivity index (χ3n) is 3.04. The molecule has 0 saturated carbocycles. The first kappa shape index (κ1) is 16.5. The molecule has 0 aliphatic rings. The smallest absolute Gasteiger partial charge is 0.163 e. The van der Waals surface area contributed by atoms with Crippen LogP contribution in [0.3, 0.4) is 0 Å². The van der Waals surface area contributed by atoms with Gasteiger partial charge in [0.05, 0.1) is 0 Å². The molecule has 0 atom stereocenters. The quantitative estimate of drug-likeness (QED) is 0.850. The normalized spacial score (nSPS) is 9.08. The van der Waals surface area contributed by atoms with Gasteiger partial charge in [0.1, 0.15) is 42.1 Å². The molecule has 0 aromatic heterocycles. The number of ether oxygens (including phenoxy) is 1. The van der Waals surface area contributed by atoms with E-state index in [-0.39, 0.29) is 23.7 Å². The van der Waals surface area contributed by atoms with Crippen LogP contribution in [0.25, 0.3) is 0 Å². The van der Waals surface area contributed by atoms with E-state index in [0.717, 1.165) is 0 Å². The van der Waals surface area contributed by atoms with E-state index in [1.165, 1.54) is 6.07 Å². The molecular weight excluding hydrogens is 307 g/mol. The van der Waals surface area contributed by atoms with Crippen LogP contribution in [-0.4, -0.2) is 0 Å². The number of halogens is 1. The summed E-state index contributed by atoms with van der Waals surface area (Å²) in [6.45, 7) is 0.0543. The fourth-order valence-electron chi connectivity index (χ4n) is 1.87. The van der Waals surface area contributed by atoms with Crippen LogP contribution in [0.4, 0.5) is 10.1 Å². The zero-order chi connectivity index (χ0) is 17.4. The van der Waals surface area contributed by atoms with Crippen molar-refractivity contribution in [3.8, 4) is 24.0 Å². The van der Waals surface area contributed by atoms with Crippen LogP contribution >= 0.6 is 0 Å². The summed E-state index contributed by atoms with van der Waals surface area (Å²) in [5, 5.41) is 29.4. The first-order valence-electron chi connectivity index (χ1n) is 6.85. The van der Waals surface area contributed by atoms with Crippen molar-refractivity contribution in [1.29, 1.82) is 15.8 Å². The van der Waals surface area contributed by atoms with Crippen LogP contribution in [-0.2, 0) is 6.61 Å². The van der Waals surface area contributed by atoms with E-state index in [4.69, 9.17) is 20.5 Å². The Morgan fingerprint density at radius 3 is 2.42 bits per heavy atom. The highest BCUT2D eigenvalue weighted by Crippen LogP contribution is 2.21. The van der Waals surface area contributed by atoms with Gasteiger partial charge < -0.3 is 10.1 Å². The molecule has 0 aliphatic heterocycles. The highest BCUT2D eigenvalue weighted by atomic mass is 19.1. The predicted octanol–water partition coefficient (Wildman–Crippen LogP) is 3.64. The van der Waals surface area contributed by atoms with Gasteiger partial charge >= 0.3 is 0 Å². The fourth-order valence-corrected chi connectivity index (χ4v) is 1.87. The van der Waals surface area contributed by atoms with Crippen molar-refractivity contribution in [2.45, 2.75) is 6.61 Å². The Balaban J connectivity index is 2.14. The van der Waals surface area contributed by atoms with Gasteiger partial charge in [-0.25, -0.2) is 4.39 Å². The molecule has 0 bridgehead atoms. The van der Waals surface area contributed by atoms with Crippen molar-refractivity contribution in [2.75, 3.05) is 5.32 Å². The number of benzene rings is 2. The van der Waals surface area contributed by atoms with Crippen LogP contribution in [0.5, 0.6) is 5.75 Å². The SMILES string of the molecule is N#CC(C#N)=C(C#N)Nc1cccc(OCc2ccccc2F)c1. The lowest BCUT2D eigenvalue weighted by Gasteiger charge is -2.10. The Bertz CT molecular complexity index is 884. The van der Waals surface area contributed by atoms with E-state index < -0.39 is 0 Å². The third kappa shape index (κ3) is 4.10. The summed E-state index contributed by atoms with van der Waals surface area (Å²) < 4.78 is 19.1. The van der Waals surface area contributed by atoms with Gasteiger partial charge in [-0.1, -0.05) is 24.3 Å². The molecule has 0 saturated heterocycles. The first-order chi connectivity index (χ1) is 11.7. The van der Waals surface area contributed by atoms with Crippen LogP contribution < -0.4 is 10.1 Å². The molecule has 0 spiro atoms. The molecule has 116 valence electrons. The highest BCUT2D eigenvalue weighted by Gasteiger charge is 2.07. The molecule has 0 radical (unpaired) electrons. The average Bonchev–Trinajstić information content (AvgIpc) is 2.61. The zero-order valence-electron chi connectivity index (χ0n) is 12.5. The lowest BCUT2D eigenvalue weighted by atomic mass is 10.2. The van der Waals surface area contributed by atoms with Gasteiger partial charge in [-0.3, -0.25) is 0 Å². The van der Waals surface area contributed by atoms with Crippen molar-refractivity contribution in [3.05, 3.63) is 71.2 Å². The predicted molar refractivity (Wildman–Crippen MR) is 84.7 cm³/mol. The molecule has 2 aromatic rings. The average molecular weight is 318 g/mol. The highest BCUT2D eigenvalue weighted by molar-refractivity contribution is 5.59. The largest absolute Gasteiger partial charge is 0.489 e. The second-order valence-corrected chi connectivity index (χ2v) is 4.62. The van der Waals surface area contributed by atoms with Crippen LogP contribution in [0.15, 0.2) is 59.8 Å². The Hall–Kier alpha value is -3.82. The molecule has 1 N–H and O–H groups in total. The van der Waals surface area contributed by atoms with Crippen LogP contribution in [0.1, 0.15) is 5.56 Å². The Morgan fingerprint density at radius 2 is 1.75 bits per heavy atom. The standard InChI is InChI=1S/C18H11FN4O/c19-17-7-2-1-4-13(17)12-24-16-6-3-5-15(8-16)23-18(11-22)14(9-20)10-21/h1-8,23H,12H2. The van der Waals surface area contributed by atoms with E-state index >= 15 is 0 Å². The van der Waals surface area contributed by atoms with Gasteiger partial charge in [-0.2, -0.15) is 15.8 Å². The van der Waals surface area contributed by atoms with Crippen LogP contribution in [0, 0.1) is 39.8 Å². The second-order valence-electron chi connectivity index (χ2n) is 4.62. The number of rotatable bonds is 5. The number of anilines is 1. The summed E-state index contributed by atoms with van der Waals surface area (Å²) >= 11 is 0. The van der Waals surface area contributed by atoms with Gasteiger partial charge in [0.15, 0.2) is 5.57 Å². The number of nitrogens with zero attached hydrogens (tertiary/aromatic N) is 3. The number of allylic oxidation sites excluding steroid dienone is 2. The third-order valence-corrected chi connectivity index (χ3v) is 3.04. The van der Waals surface area contributed by atoms with E-state index in [1.54, 1.807) is 60.7 Å². The van der Waals surface area contributed by atoms with Crippen molar-refractivity contribution in [3.63, 3.8) is 0 Å². The minimum absolute atomic E-state index is 0.0543. The minimum atomic E-state index is -0.353. The van der Waals surface area contributed by atoms with Crippen molar-refractivity contribution >= 4 is 5.69 Å². The number of nitriles is 3. The number of hydrogen-bond donors (Lipinski definition) is 1. The lowest BCUT2D eigenvalue weighted by molar-refractivity contribution is 0.300. The van der Waals surface area contributed by atoms with Gasteiger partial charge in [-0.15, -0.1) is 0 Å². The molecule has 0 amide bonds. The lowest BCUT2D eigenvalue weighted by Crippen LogP contribution is -2.02. The number of hydrogen-bond acceptors (Lipinski definition) is 5. The summed E-state index contributed by atoms with van der Waals surface area (Å²) in [7, 11) is 0. The minimum Gasteiger partial charge on any atom is -0.489 e. The summed E-state index contributed by atoms with van der Waals surface area (Å²) in [6.07, 6.45) is 0. The molecule has 0 heterocycles. The molecular formula is C18H11FN4O. The van der Waals surface area contributed by atoms with Crippen molar-refractivity contribution < 1.29 is 9.13 Å². The van der Waals surface area contributed by atoms with Crippen molar-refractivity contribution in [1.82, 2.24) is 0 Å². The molecule has 2 rings (SSSR count). The summed E-state index contributed by atoms with van der Waals surface area (Å²) in [6, 6.07) is 18.0. The fraction of sp³-hybridized carbons (Fsp3) is 0.0556. The van der Waals surface area contributed by atoms with Gasteiger partial charge in [0.25, 0.3) is 0 Å². The molecule has 0 aliphatic carbocycles. The maximum atomic E-state index is 13.6. The molecule has 24 heavy (non-hydrogen) atoms.